The van der Waals surface area contributed by atoms with Gasteiger partial charge >= 0.3 is 12.2 Å². The van der Waals surface area contributed by atoms with Crippen molar-refractivity contribution in [1.82, 2.24) is 5.32 Å². The van der Waals surface area contributed by atoms with Crippen LogP contribution in [0.3, 0.4) is 0 Å². The lowest BCUT2D eigenvalue weighted by Gasteiger charge is -2.09. The monoisotopic (exact) mass is 271 g/mol. The standard InChI is InChI=1S/C12H12F3N3O/c13-12(14,15)8-17-11(19)18-10-5-3-9(4-6-10)2-1-7-16/h3-6H,7-8,16H2,(H2,17,18,19). The summed E-state index contributed by atoms with van der Waals surface area (Å²) in [7, 11) is 0. The Morgan fingerprint density at radius 2 is 1.89 bits per heavy atom. The van der Waals surface area contributed by atoms with E-state index in [1.807, 2.05) is 0 Å². The summed E-state index contributed by atoms with van der Waals surface area (Å²) in [4.78, 5) is 11.1. The predicted molar refractivity (Wildman–Crippen MR) is 65.5 cm³/mol. The van der Waals surface area contributed by atoms with Crippen LogP contribution >= 0.6 is 0 Å². The first-order chi connectivity index (χ1) is 8.90. The minimum absolute atomic E-state index is 0.236. The Morgan fingerprint density at radius 3 is 2.42 bits per heavy atom. The fourth-order valence-electron chi connectivity index (χ4n) is 1.15. The molecule has 1 aromatic rings. The van der Waals surface area contributed by atoms with Gasteiger partial charge in [0, 0.05) is 11.3 Å². The van der Waals surface area contributed by atoms with E-state index in [1.54, 1.807) is 17.4 Å². The number of urea groups is 1. The van der Waals surface area contributed by atoms with Crippen LogP contribution in [0.4, 0.5) is 23.7 Å². The number of nitrogens with two attached hydrogens (primary N) is 1. The van der Waals surface area contributed by atoms with E-state index in [9.17, 15) is 18.0 Å². The molecule has 0 unspecified atom stereocenters. The average molecular weight is 271 g/mol. The molecule has 4 N–H and O–H groups in total. The lowest BCUT2D eigenvalue weighted by molar-refractivity contribution is -0.122. The molecule has 0 aliphatic heterocycles. The highest BCUT2D eigenvalue weighted by atomic mass is 19.4. The largest absolute Gasteiger partial charge is 0.405 e. The number of alkyl halides is 3. The Balaban J connectivity index is 2.51. The molecule has 0 fully saturated rings. The third-order valence-electron chi connectivity index (χ3n) is 1.93. The van der Waals surface area contributed by atoms with Gasteiger partial charge in [-0.05, 0) is 24.3 Å². The van der Waals surface area contributed by atoms with Crippen molar-refractivity contribution < 1.29 is 18.0 Å². The van der Waals surface area contributed by atoms with Crippen LogP contribution in [0.15, 0.2) is 24.3 Å². The number of amides is 2. The van der Waals surface area contributed by atoms with Crippen molar-refractivity contribution in [1.29, 1.82) is 0 Å². The Morgan fingerprint density at radius 1 is 1.26 bits per heavy atom. The Labute approximate surface area is 108 Å². The Bertz CT molecular complexity index is 486. The van der Waals surface area contributed by atoms with Crippen LogP contribution in [0.5, 0.6) is 0 Å². The van der Waals surface area contributed by atoms with Gasteiger partial charge in [-0.25, -0.2) is 4.79 Å². The highest BCUT2D eigenvalue weighted by molar-refractivity contribution is 5.89. The first kappa shape index (κ1) is 14.9. The van der Waals surface area contributed by atoms with E-state index in [4.69, 9.17) is 5.73 Å². The highest BCUT2D eigenvalue weighted by Crippen LogP contribution is 2.12. The number of carbonyl (C=O) groups excluding carboxylic acids is 1. The summed E-state index contributed by atoms with van der Waals surface area (Å²) in [5.74, 6) is 5.43. The number of hydrogen-bond acceptors (Lipinski definition) is 2. The summed E-state index contributed by atoms with van der Waals surface area (Å²) in [6.07, 6.45) is -4.43. The number of halogens is 3. The summed E-state index contributed by atoms with van der Waals surface area (Å²) in [6.45, 7) is -1.14. The third kappa shape index (κ3) is 6.33. The Hall–Kier alpha value is -2.20. The number of benzene rings is 1. The molecule has 0 saturated carbocycles. The molecule has 0 aliphatic rings. The molecule has 4 nitrogen and oxygen atoms in total. The number of anilines is 1. The van der Waals surface area contributed by atoms with Crippen molar-refractivity contribution in [2.75, 3.05) is 18.4 Å². The van der Waals surface area contributed by atoms with E-state index in [2.05, 4.69) is 17.2 Å². The summed E-state index contributed by atoms with van der Waals surface area (Å²) in [5.41, 5.74) is 6.28. The van der Waals surface area contributed by atoms with Gasteiger partial charge in [-0.1, -0.05) is 11.8 Å². The number of nitrogens with one attached hydrogen (secondary N) is 2. The van der Waals surface area contributed by atoms with E-state index < -0.39 is 18.8 Å². The van der Waals surface area contributed by atoms with E-state index in [1.165, 1.54) is 12.1 Å². The molecular formula is C12H12F3N3O. The molecular weight excluding hydrogens is 259 g/mol. The molecule has 102 valence electrons. The fraction of sp³-hybridized carbons (Fsp3) is 0.250. The molecule has 0 saturated heterocycles. The first-order valence-corrected chi connectivity index (χ1v) is 5.31. The smallest absolute Gasteiger partial charge is 0.329 e. The van der Waals surface area contributed by atoms with Gasteiger partial charge in [0.2, 0.25) is 0 Å². The third-order valence-corrected chi connectivity index (χ3v) is 1.93. The van der Waals surface area contributed by atoms with Gasteiger partial charge in [0.15, 0.2) is 0 Å². The zero-order valence-corrected chi connectivity index (χ0v) is 9.84. The number of carbonyl (C=O) groups is 1. The molecule has 2 amide bonds. The van der Waals surface area contributed by atoms with E-state index >= 15 is 0 Å². The molecule has 0 heterocycles. The van der Waals surface area contributed by atoms with Gasteiger partial charge in [-0.2, -0.15) is 13.2 Å². The zero-order chi connectivity index (χ0) is 14.3. The molecule has 0 bridgehead atoms. The molecule has 1 rings (SSSR count). The second-order valence-corrected chi connectivity index (χ2v) is 3.51. The van der Waals surface area contributed by atoms with Gasteiger partial charge in [0.1, 0.15) is 6.54 Å². The van der Waals surface area contributed by atoms with Crippen molar-refractivity contribution in [2.45, 2.75) is 6.18 Å². The summed E-state index contributed by atoms with van der Waals surface area (Å²) in [5, 5.41) is 3.98. The highest BCUT2D eigenvalue weighted by Gasteiger charge is 2.27. The van der Waals surface area contributed by atoms with Crippen molar-refractivity contribution in [3.05, 3.63) is 29.8 Å². The maximum atomic E-state index is 11.9. The molecule has 0 spiro atoms. The lowest BCUT2D eigenvalue weighted by atomic mass is 10.2. The first-order valence-electron chi connectivity index (χ1n) is 5.31. The molecule has 0 aromatic heterocycles. The summed E-state index contributed by atoms with van der Waals surface area (Å²) < 4.78 is 35.6. The minimum atomic E-state index is -4.43. The minimum Gasteiger partial charge on any atom is -0.329 e. The summed E-state index contributed by atoms with van der Waals surface area (Å²) >= 11 is 0. The van der Waals surface area contributed by atoms with Crippen LogP contribution in [0.1, 0.15) is 5.56 Å². The van der Waals surface area contributed by atoms with Gasteiger partial charge in [-0.3, -0.25) is 0 Å². The van der Waals surface area contributed by atoms with Crippen LogP contribution < -0.4 is 16.4 Å². The SMILES string of the molecule is NCC#Cc1ccc(NC(=O)NCC(F)(F)F)cc1. The van der Waals surface area contributed by atoms with Crippen LogP contribution in [0.2, 0.25) is 0 Å². The lowest BCUT2D eigenvalue weighted by Crippen LogP contribution is -2.36. The van der Waals surface area contributed by atoms with E-state index in [-0.39, 0.29) is 6.54 Å². The maximum Gasteiger partial charge on any atom is 0.405 e. The molecule has 0 aliphatic carbocycles. The van der Waals surface area contributed by atoms with Gasteiger partial charge in [-0.15, -0.1) is 0 Å². The Kier molecular flexibility index (Phi) is 5.21. The van der Waals surface area contributed by atoms with Crippen LogP contribution in [-0.4, -0.2) is 25.3 Å². The molecule has 0 atom stereocenters. The summed E-state index contributed by atoms with van der Waals surface area (Å²) in [6, 6.07) is 5.41. The second kappa shape index (κ2) is 6.66. The quantitative estimate of drug-likeness (QED) is 0.716. The average Bonchev–Trinajstić information content (AvgIpc) is 2.35. The molecule has 0 radical (unpaired) electrons. The van der Waals surface area contributed by atoms with Crippen LogP contribution in [0.25, 0.3) is 0 Å². The van der Waals surface area contributed by atoms with E-state index in [0.717, 1.165) is 0 Å². The van der Waals surface area contributed by atoms with Gasteiger partial charge in [0.05, 0.1) is 6.54 Å². The van der Waals surface area contributed by atoms with Crippen molar-refractivity contribution in [2.24, 2.45) is 5.73 Å². The number of rotatable bonds is 2. The predicted octanol–water partition coefficient (Wildman–Crippen LogP) is 1.68. The topological polar surface area (TPSA) is 67.1 Å². The van der Waals surface area contributed by atoms with Crippen molar-refractivity contribution >= 4 is 11.7 Å². The fourth-order valence-corrected chi connectivity index (χ4v) is 1.15. The molecule has 7 heteroatoms. The van der Waals surface area contributed by atoms with Gasteiger partial charge < -0.3 is 16.4 Å². The number of hydrogen-bond donors (Lipinski definition) is 3. The van der Waals surface area contributed by atoms with Crippen LogP contribution in [0, 0.1) is 11.8 Å². The van der Waals surface area contributed by atoms with Gasteiger partial charge in [0.25, 0.3) is 0 Å². The van der Waals surface area contributed by atoms with Crippen molar-refractivity contribution in [3.8, 4) is 11.8 Å². The van der Waals surface area contributed by atoms with E-state index in [0.29, 0.717) is 11.3 Å². The molecule has 19 heavy (non-hydrogen) atoms. The van der Waals surface area contributed by atoms with Crippen LogP contribution in [-0.2, 0) is 0 Å². The van der Waals surface area contributed by atoms with Crippen molar-refractivity contribution in [3.63, 3.8) is 0 Å². The second-order valence-electron chi connectivity index (χ2n) is 3.51. The maximum absolute atomic E-state index is 11.9. The zero-order valence-electron chi connectivity index (χ0n) is 9.84. The normalized spacial score (nSPS) is 10.3. The molecule has 1 aromatic carbocycles.